The van der Waals surface area contributed by atoms with Crippen molar-refractivity contribution in [2.45, 2.75) is 13.8 Å². The monoisotopic (exact) mass is 278 g/mol. The van der Waals surface area contributed by atoms with Crippen molar-refractivity contribution >= 4 is 27.8 Å². The number of hydrogen-bond acceptors (Lipinski definition) is 6. The number of ketones is 1. The van der Waals surface area contributed by atoms with Crippen LogP contribution in [0.3, 0.4) is 0 Å². The molecule has 1 fully saturated rings. The molecule has 0 aliphatic carbocycles. The van der Waals surface area contributed by atoms with Gasteiger partial charge in [0.1, 0.15) is 16.6 Å². The zero-order chi connectivity index (χ0) is 14.0. The Bertz CT molecular complexity index is 523. The summed E-state index contributed by atoms with van der Waals surface area (Å²) in [6.45, 7) is 8.39. The zero-order valence-corrected chi connectivity index (χ0v) is 12.1. The van der Waals surface area contributed by atoms with Crippen LogP contribution >= 0.6 is 11.3 Å². The molecule has 1 aliphatic rings. The summed E-state index contributed by atoms with van der Waals surface area (Å²) in [5.74, 6) is -0.0718. The number of hydrogen-bond donors (Lipinski definition) is 1. The average molecular weight is 278 g/mol. The van der Waals surface area contributed by atoms with Crippen LogP contribution in [-0.4, -0.2) is 43.4 Å². The van der Waals surface area contributed by atoms with E-state index in [2.05, 4.69) is 22.8 Å². The predicted octanol–water partition coefficient (Wildman–Crippen LogP) is 1.55. The number of rotatable bonds is 3. The molecule has 0 saturated carbocycles. The molecule has 0 radical (unpaired) electrons. The van der Waals surface area contributed by atoms with E-state index in [1.807, 2.05) is 0 Å². The number of likely N-dealkylation sites (N-methyl/N-ethyl adjacent to an activating group) is 1. The number of carbonyl (C=O) groups excluding carboxylic acids is 1. The molecule has 2 heterocycles. The van der Waals surface area contributed by atoms with E-state index in [1.54, 1.807) is 0 Å². The number of nitrogen functional groups attached to an aromatic ring is 1. The Morgan fingerprint density at radius 1 is 1.42 bits per heavy atom. The van der Waals surface area contributed by atoms with Crippen LogP contribution in [0.5, 0.6) is 0 Å². The lowest BCUT2D eigenvalue weighted by Gasteiger charge is -2.34. The van der Waals surface area contributed by atoms with Crippen molar-refractivity contribution in [1.82, 2.24) is 4.90 Å². The van der Waals surface area contributed by atoms with Gasteiger partial charge in [-0.3, -0.25) is 4.79 Å². The summed E-state index contributed by atoms with van der Waals surface area (Å²) in [4.78, 5) is 16.6. The van der Waals surface area contributed by atoms with Crippen LogP contribution in [0, 0.1) is 11.3 Å². The minimum atomic E-state index is -0.0718. The van der Waals surface area contributed by atoms with Crippen LogP contribution in [0.4, 0.5) is 10.7 Å². The van der Waals surface area contributed by atoms with Gasteiger partial charge in [0, 0.05) is 33.1 Å². The molecular weight excluding hydrogens is 260 g/mol. The normalized spacial score (nSPS) is 16.4. The molecule has 1 aromatic rings. The molecule has 0 spiro atoms. The molecule has 0 aromatic carbocycles. The Morgan fingerprint density at radius 3 is 2.53 bits per heavy atom. The highest BCUT2D eigenvalue weighted by Crippen LogP contribution is 2.38. The van der Waals surface area contributed by atoms with Crippen molar-refractivity contribution in [2.24, 2.45) is 0 Å². The maximum atomic E-state index is 11.5. The summed E-state index contributed by atoms with van der Waals surface area (Å²) in [6.07, 6.45) is 0. The Balaban J connectivity index is 2.28. The lowest BCUT2D eigenvalue weighted by Crippen LogP contribution is -2.46. The van der Waals surface area contributed by atoms with Gasteiger partial charge in [-0.25, -0.2) is 0 Å². The van der Waals surface area contributed by atoms with Crippen LogP contribution in [0.15, 0.2) is 0 Å². The minimum absolute atomic E-state index is 0.0718. The molecule has 5 nitrogen and oxygen atoms in total. The second-order valence-electron chi connectivity index (χ2n) is 4.61. The van der Waals surface area contributed by atoms with E-state index in [0.29, 0.717) is 16.1 Å². The maximum absolute atomic E-state index is 11.5. The summed E-state index contributed by atoms with van der Waals surface area (Å²) < 4.78 is 0. The minimum Gasteiger partial charge on any atom is -0.396 e. The highest BCUT2D eigenvalue weighted by Gasteiger charge is 2.25. The van der Waals surface area contributed by atoms with Gasteiger partial charge in [-0.05, 0) is 6.54 Å². The molecule has 2 N–H and O–H groups in total. The van der Waals surface area contributed by atoms with E-state index < -0.39 is 0 Å². The van der Waals surface area contributed by atoms with Crippen molar-refractivity contribution < 1.29 is 4.79 Å². The summed E-state index contributed by atoms with van der Waals surface area (Å²) in [6, 6.07) is 2.14. The number of nitrogens with zero attached hydrogens (tertiary/aromatic N) is 3. The standard InChI is InChI=1S/C13H18N4OS/c1-3-16-4-6-17(7-5-16)13-10(8-14)11(15)12(19-13)9(2)18/h3-7,15H2,1-2H3. The molecule has 1 aliphatic heterocycles. The number of carbonyl (C=O) groups is 1. The van der Waals surface area contributed by atoms with Crippen molar-refractivity contribution in [1.29, 1.82) is 5.26 Å². The lowest BCUT2D eigenvalue weighted by molar-refractivity contribution is 0.102. The number of thiophene rings is 1. The van der Waals surface area contributed by atoms with E-state index in [-0.39, 0.29) is 5.78 Å². The first-order valence-electron chi connectivity index (χ1n) is 6.39. The number of anilines is 2. The SMILES string of the molecule is CCN1CCN(c2sc(C(C)=O)c(N)c2C#N)CC1. The topological polar surface area (TPSA) is 73.4 Å². The molecule has 2 rings (SSSR count). The van der Waals surface area contributed by atoms with Gasteiger partial charge in [-0.2, -0.15) is 5.26 Å². The van der Waals surface area contributed by atoms with Crippen molar-refractivity contribution in [3.8, 4) is 6.07 Å². The van der Waals surface area contributed by atoms with E-state index in [9.17, 15) is 10.1 Å². The average Bonchev–Trinajstić information content (AvgIpc) is 2.76. The van der Waals surface area contributed by atoms with Gasteiger partial charge < -0.3 is 15.5 Å². The van der Waals surface area contributed by atoms with Gasteiger partial charge >= 0.3 is 0 Å². The number of nitriles is 1. The molecule has 0 amide bonds. The van der Waals surface area contributed by atoms with E-state index in [4.69, 9.17) is 5.73 Å². The second kappa shape index (κ2) is 5.59. The van der Waals surface area contributed by atoms with Crippen LogP contribution in [0.25, 0.3) is 0 Å². The largest absolute Gasteiger partial charge is 0.396 e. The van der Waals surface area contributed by atoms with Gasteiger partial charge in [-0.1, -0.05) is 6.92 Å². The first kappa shape index (κ1) is 13.8. The van der Waals surface area contributed by atoms with Crippen molar-refractivity contribution in [2.75, 3.05) is 43.4 Å². The molecule has 0 unspecified atom stereocenters. The third-order valence-corrected chi connectivity index (χ3v) is 4.83. The van der Waals surface area contributed by atoms with Crippen LogP contribution < -0.4 is 10.6 Å². The smallest absolute Gasteiger partial charge is 0.171 e. The molecule has 1 saturated heterocycles. The molecule has 6 heteroatoms. The Kier molecular flexibility index (Phi) is 4.08. The summed E-state index contributed by atoms with van der Waals surface area (Å²) in [7, 11) is 0. The fraction of sp³-hybridized carbons (Fsp3) is 0.538. The first-order valence-corrected chi connectivity index (χ1v) is 7.20. The fourth-order valence-corrected chi connectivity index (χ4v) is 3.41. The van der Waals surface area contributed by atoms with Crippen LogP contribution in [0.1, 0.15) is 29.1 Å². The molecule has 102 valence electrons. The predicted molar refractivity (Wildman–Crippen MR) is 77.8 cm³/mol. The molecule has 1 aromatic heterocycles. The van der Waals surface area contributed by atoms with Gasteiger partial charge in [0.2, 0.25) is 0 Å². The van der Waals surface area contributed by atoms with Crippen molar-refractivity contribution in [3.63, 3.8) is 0 Å². The first-order chi connectivity index (χ1) is 9.08. The maximum Gasteiger partial charge on any atom is 0.171 e. The third-order valence-electron chi connectivity index (χ3n) is 3.46. The second-order valence-corrected chi connectivity index (χ2v) is 5.61. The Labute approximate surface area is 117 Å². The number of nitrogens with two attached hydrogens (primary N) is 1. The molecule has 19 heavy (non-hydrogen) atoms. The summed E-state index contributed by atoms with van der Waals surface area (Å²) in [5.41, 5.74) is 6.70. The number of Topliss-reactive ketones (excluding diaryl/α,β-unsaturated/α-hetero) is 1. The summed E-state index contributed by atoms with van der Waals surface area (Å²) >= 11 is 1.34. The Hall–Kier alpha value is -1.58. The Morgan fingerprint density at radius 2 is 2.05 bits per heavy atom. The molecular formula is C13H18N4OS. The van der Waals surface area contributed by atoms with E-state index in [1.165, 1.54) is 18.3 Å². The zero-order valence-electron chi connectivity index (χ0n) is 11.3. The number of piperazine rings is 1. The van der Waals surface area contributed by atoms with Gasteiger partial charge in [0.25, 0.3) is 0 Å². The van der Waals surface area contributed by atoms with Gasteiger partial charge in [-0.15, -0.1) is 11.3 Å². The summed E-state index contributed by atoms with van der Waals surface area (Å²) in [5, 5.41) is 10.1. The highest BCUT2D eigenvalue weighted by molar-refractivity contribution is 7.19. The third kappa shape index (κ3) is 2.57. The molecule has 0 atom stereocenters. The fourth-order valence-electron chi connectivity index (χ4n) is 2.29. The van der Waals surface area contributed by atoms with Crippen LogP contribution in [-0.2, 0) is 0 Å². The highest BCUT2D eigenvalue weighted by atomic mass is 32.1. The molecule has 0 bridgehead atoms. The van der Waals surface area contributed by atoms with E-state index >= 15 is 0 Å². The van der Waals surface area contributed by atoms with Gasteiger partial charge in [0.15, 0.2) is 5.78 Å². The van der Waals surface area contributed by atoms with Gasteiger partial charge in [0.05, 0.1) is 10.6 Å². The van der Waals surface area contributed by atoms with E-state index in [0.717, 1.165) is 37.7 Å². The quantitative estimate of drug-likeness (QED) is 0.849. The lowest BCUT2D eigenvalue weighted by atomic mass is 10.2. The van der Waals surface area contributed by atoms with Crippen molar-refractivity contribution in [3.05, 3.63) is 10.4 Å². The van der Waals surface area contributed by atoms with Crippen LogP contribution in [0.2, 0.25) is 0 Å².